The summed E-state index contributed by atoms with van der Waals surface area (Å²) in [5.41, 5.74) is 11.0. The summed E-state index contributed by atoms with van der Waals surface area (Å²) in [5, 5.41) is 11.6. The summed E-state index contributed by atoms with van der Waals surface area (Å²) in [6.07, 6.45) is -0.0257. The Kier molecular flexibility index (Phi) is 8.27. The van der Waals surface area contributed by atoms with Gasteiger partial charge in [0, 0.05) is 0 Å². The Bertz CT molecular complexity index is 1360. The number of anilines is 2. The van der Waals surface area contributed by atoms with Gasteiger partial charge in [0.05, 0.1) is 0 Å². The van der Waals surface area contributed by atoms with E-state index in [1.165, 1.54) is 55.2 Å². The molecule has 4 rings (SSSR count). The Morgan fingerprint density at radius 2 is 1.32 bits per heavy atom. The first kappa shape index (κ1) is 27.8. The molecule has 0 saturated carbocycles. The van der Waals surface area contributed by atoms with Gasteiger partial charge in [0.25, 0.3) is 0 Å². The van der Waals surface area contributed by atoms with Crippen LogP contribution >= 0.6 is 0 Å². The molecule has 38 heavy (non-hydrogen) atoms. The van der Waals surface area contributed by atoms with Gasteiger partial charge in [-0.25, -0.2) is 0 Å². The summed E-state index contributed by atoms with van der Waals surface area (Å²) in [5.74, 6) is 0.682. The van der Waals surface area contributed by atoms with E-state index in [1.807, 2.05) is 13.8 Å². The van der Waals surface area contributed by atoms with Crippen LogP contribution in [0.2, 0.25) is 0 Å². The Morgan fingerprint density at radius 3 is 1.74 bits per heavy atom. The van der Waals surface area contributed by atoms with Crippen LogP contribution in [0.1, 0.15) is 52.8 Å². The van der Waals surface area contributed by atoms with E-state index >= 15 is 0 Å². The fraction of sp³-hybridized carbons (Fsp3) is 0.355. The van der Waals surface area contributed by atoms with Crippen molar-refractivity contribution in [2.24, 2.45) is 0 Å². The number of non-ortho nitro benzene ring substituents is 1. The summed E-state index contributed by atoms with van der Waals surface area (Å²) in [4.78, 5) is 16.2. The van der Waals surface area contributed by atoms with Crippen LogP contribution in [0.25, 0.3) is 0 Å². The minimum absolute atomic E-state index is 0.0257. The van der Waals surface area contributed by atoms with Crippen LogP contribution in [0.4, 0.5) is 17.1 Å². The fourth-order valence-electron chi connectivity index (χ4n) is 5.42. The molecule has 0 aromatic heterocycles. The molecular weight excluding hydrogens is 563 g/mol. The van der Waals surface area contributed by atoms with Crippen LogP contribution in [-0.2, 0) is 16.2 Å². The summed E-state index contributed by atoms with van der Waals surface area (Å²) in [6.45, 7) is 18.8. The van der Waals surface area contributed by atoms with Crippen molar-refractivity contribution in [3.63, 3.8) is 0 Å². The number of benzene rings is 3. The third-order valence-electron chi connectivity index (χ3n) is 6.61. The Hall–Kier alpha value is -3.18. The SMILES string of the molecule is Cc1cc(C)c(N2CCN(c3c(C)cc(C)cc3C)[C]2=[Ru]=[CH]c2cc([N+](=O)[O-])ccc2OC(C)C)c(C)c1. The average molecular weight is 601 g/mol. The van der Waals surface area contributed by atoms with Gasteiger partial charge in [0.15, 0.2) is 0 Å². The molecule has 0 atom stereocenters. The Balaban J connectivity index is 1.95. The average Bonchev–Trinajstić information content (AvgIpc) is 3.19. The van der Waals surface area contributed by atoms with Gasteiger partial charge in [-0.1, -0.05) is 0 Å². The molecular formula is C31H37N3O3Ru. The maximum absolute atomic E-state index is 11.6. The van der Waals surface area contributed by atoms with Gasteiger partial charge < -0.3 is 0 Å². The molecule has 0 spiro atoms. The molecule has 0 aliphatic carbocycles. The zero-order valence-corrected chi connectivity index (χ0v) is 25.3. The third-order valence-corrected chi connectivity index (χ3v) is 8.79. The first-order valence-corrected chi connectivity index (χ1v) is 14.8. The molecule has 0 amide bonds. The molecule has 0 unspecified atom stereocenters. The molecule has 0 bridgehead atoms. The van der Waals surface area contributed by atoms with Gasteiger partial charge in [0.2, 0.25) is 0 Å². The van der Waals surface area contributed by atoms with E-state index in [9.17, 15) is 10.1 Å². The number of nitro benzene ring substituents is 1. The fourth-order valence-corrected chi connectivity index (χ4v) is 7.63. The van der Waals surface area contributed by atoms with Crippen molar-refractivity contribution in [1.82, 2.24) is 0 Å². The van der Waals surface area contributed by atoms with Gasteiger partial charge in [0.1, 0.15) is 0 Å². The molecule has 7 heteroatoms. The zero-order valence-electron chi connectivity index (χ0n) is 23.5. The van der Waals surface area contributed by atoms with Gasteiger partial charge in [-0.15, -0.1) is 0 Å². The first-order chi connectivity index (χ1) is 18.0. The Morgan fingerprint density at radius 1 is 0.842 bits per heavy atom. The van der Waals surface area contributed by atoms with E-state index in [0.29, 0.717) is 5.75 Å². The van der Waals surface area contributed by atoms with Gasteiger partial charge in [-0.2, -0.15) is 0 Å². The van der Waals surface area contributed by atoms with E-state index < -0.39 is 16.2 Å². The third kappa shape index (κ3) is 5.78. The molecule has 6 nitrogen and oxygen atoms in total. The molecule has 0 N–H and O–H groups in total. The standard InChI is InChI=1S/C21H26N2.C10H11NO3.Ru/c1-14-9-16(3)20(17(4)10-14)22-7-8-23(13-22)21-18(5)11-15(2)12-19(21)6;1-7(2)14-10-5-4-9(11(12)13)6-8(10)3;/h9-12H,7-8H2,1-6H3;3-7H,1-2H3;. The summed E-state index contributed by atoms with van der Waals surface area (Å²) in [7, 11) is 0. The van der Waals surface area contributed by atoms with Crippen LogP contribution in [0.3, 0.4) is 0 Å². The molecule has 202 valence electrons. The molecule has 1 heterocycles. The molecule has 1 fully saturated rings. The summed E-state index contributed by atoms with van der Waals surface area (Å²) < 4.78 is 9.46. The first-order valence-electron chi connectivity index (χ1n) is 12.9. The topological polar surface area (TPSA) is 58.9 Å². The minimum atomic E-state index is -0.455. The van der Waals surface area contributed by atoms with Crippen LogP contribution in [0, 0.1) is 51.7 Å². The van der Waals surface area contributed by atoms with Crippen molar-refractivity contribution in [2.45, 2.75) is 61.5 Å². The van der Waals surface area contributed by atoms with Crippen molar-refractivity contribution < 1.29 is 25.9 Å². The molecule has 1 aliphatic heterocycles. The van der Waals surface area contributed by atoms with Crippen molar-refractivity contribution in [2.75, 3.05) is 22.9 Å². The second kappa shape index (κ2) is 11.3. The number of nitrogens with zero attached hydrogens (tertiary/aromatic N) is 3. The molecule has 1 aliphatic rings. The van der Waals surface area contributed by atoms with Crippen LogP contribution < -0.4 is 14.5 Å². The predicted octanol–water partition coefficient (Wildman–Crippen LogP) is 6.58. The second-order valence-electron chi connectivity index (χ2n) is 10.4. The molecule has 3 aromatic rings. The quantitative estimate of drug-likeness (QED) is 0.182. The van der Waals surface area contributed by atoms with Gasteiger partial charge in [-0.05, 0) is 0 Å². The van der Waals surface area contributed by atoms with E-state index in [4.69, 9.17) is 4.74 Å². The van der Waals surface area contributed by atoms with E-state index in [0.717, 1.165) is 18.7 Å². The molecule has 3 aromatic carbocycles. The second-order valence-corrected chi connectivity index (χ2v) is 12.2. The summed E-state index contributed by atoms with van der Waals surface area (Å²) in [6, 6.07) is 13.9. The monoisotopic (exact) mass is 601 g/mol. The van der Waals surface area contributed by atoms with Gasteiger partial charge >= 0.3 is 234 Å². The number of nitro groups is 1. The molecule has 0 radical (unpaired) electrons. The number of rotatable bonds is 6. The van der Waals surface area contributed by atoms with Crippen molar-refractivity contribution in [3.05, 3.63) is 91.5 Å². The van der Waals surface area contributed by atoms with E-state index in [-0.39, 0.29) is 16.7 Å². The number of hydrogen-bond acceptors (Lipinski definition) is 5. The van der Waals surface area contributed by atoms with Crippen molar-refractivity contribution in [3.8, 4) is 5.75 Å². The van der Waals surface area contributed by atoms with Crippen LogP contribution in [0.5, 0.6) is 5.75 Å². The van der Waals surface area contributed by atoms with Crippen LogP contribution in [0.15, 0.2) is 42.5 Å². The predicted molar refractivity (Wildman–Crippen MR) is 155 cm³/mol. The van der Waals surface area contributed by atoms with E-state index in [2.05, 4.69) is 80.2 Å². The van der Waals surface area contributed by atoms with Crippen LogP contribution in [-0.4, -0.2) is 33.1 Å². The number of ether oxygens (including phenoxy) is 1. The maximum atomic E-state index is 11.6. The zero-order chi connectivity index (χ0) is 27.7. The number of hydrogen-bond donors (Lipinski definition) is 0. The number of aryl methyl sites for hydroxylation is 6. The summed E-state index contributed by atoms with van der Waals surface area (Å²) >= 11 is -0.455. The van der Waals surface area contributed by atoms with E-state index in [1.54, 1.807) is 12.1 Å². The van der Waals surface area contributed by atoms with Gasteiger partial charge in [-0.3, -0.25) is 0 Å². The van der Waals surface area contributed by atoms with Crippen molar-refractivity contribution in [1.29, 1.82) is 0 Å². The molecule has 1 saturated heterocycles. The normalized spacial score (nSPS) is 13.4. The Labute approximate surface area is 233 Å². The van der Waals surface area contributed by atoms with Crippen molar-refractivity contribution >= 4 is 26.0 Å².